The lowest BCUT2D eigenvalue weighted by Gasteiger charge is -2.38. The van der Waals surface area contributed by atoms with Gasteiger partial charge in [0.15, 0.2) is 0 Å². The number of likely N-dealkylation sites (N-methyl/N-ethyl adjacent to an activating group) is 1. The van der Waals surface area contributed by atoms with E-state index < -0.39 is 0 Å². The number of imidazole rings is 1. The van der Waals surface area contributed by atoms with E-state index in [-0.39, 0.29) is 11.9 Å². The molecule has 112 valence electrons. The molecule has 0 aliphatic carbocycles. The van der Waals surface area contributed by atoms with Crippen LogP contribution < -0.4 is 0 Å². The van der Waals surface area contributed by atoms with E-state index in [2.05, 4.69) is 16.9 Å². The van der Waals surface area contributed by atoms with Crippen LogP contribution in [0.3, 0.4) is 0 Å². The number of thiophene rings is 1. The Labute approximate surface area is 128 Å². The molecule has 2 aromatic rings. The van der Waals surface area contributed by atoms with Gasteiger partial charge in [0.1, 0.15) is 5.82 Å². The highest BCUT2D eigenvalue weighted by Gasteiger charge is 2.31. The zero-order valence-corrected chi connectivity index (χ0v) is 13.4. The third-order valence-corrected chi connectivity index (χ3v) is 5.03. The molecule has 1 atom stereocenters. The van der Waals surface area contributed by atoms with Crippen molar-refractivity contribution in [1.82, 2.24) is 19.4 Å². The zero-order valence-electron chi connectivity index (χ0n) is 12.6. The molecule has 0 N–H and O–H groups in total. The number of hydrogen-bond donors (Lipinski definition) is 0. The number of rotatable bonds is 2. The monoisotopic (exact) mass is 304 g/mol. The fourth-order valence-electron chi connectivity index (χ4n) is 2.74. The molecule has 0 spiro atoms. The van der Waals surface area contributed by atoms with Gasteiger partial charge in [0.25, 0.3) is 5.91 Å². The first-order valence-electron chi connectivity index (χ1n) is 7.09. The lowest BCUT2D eigenvalue weighted by Crippen LogP contribution is -2.49. The van der Waals surface area contributed by atoms with Gasteiger partial charge in [-0.05, 0) is 26.1 Å². The van der Waals surface area contributed by atoms with Gasteiger partial charge in [-0.3, -0.25) is 9.69 Å². The minimum Gasteiger partial charge on any atom is -0.337 e. The molecular weight excluding hydrogens is 284 g/mol. The first-order chi connectivity index (χ1) is 10.1. The average Bonchev–Trinajstić information content (AvgIpc) is 3.07. The van der Waals surface area contributed by atoms with Crippen LogP contribution in [0.15, 0.2) is 24.5 Å². The van der Waals surface area contributed by atoms with Crippen molar-refractivity contribution in [3.8, 4) is 0 Å². The van der Waals surface area contributed by atoms with E-state index in [0.717, 1.165) is 23.8 Å². The molecule has 3 heterocycles. The van der Waals surface area contributed by atoms with Gasteiger partial charge in [-0.15, -0.1) is 11.3 Å². The topological polar surface area (TPSA) is 41.4 Å². The molecule has 0 radical (unpaired) electrons. The molecule has 0 bridgehead atoms. The van der Waals surface area contributed by atoms with Gasteiger partial charge in [-0.25, -0.2) is 4.98 Å². The van der Waals surface area contributed by atoms with Gasteiger partial charge < -0.3 is 9.47 Å². The molecule has 6 heteroatoms. The Morgan fingerprint density at radius 3 is 2.76 bits per heavy atom. The molecule has 0 saturated carbocycles. The SMILES string of the molecule is Cc1ccc(C(=O)N2CCN(C)[C@@H](c3nccn3C)C2)s1. The van der Waals surface area contributed by atoms with Crippen LogP contribution in [0.25, 0.3) is 0 Å². The van der Waals surface area contributed by atoms with Crippen LogP contribution in [0.4, 0.5) is 0 Å². The number of nitrogens with zero attached hydrogens (tertiary/aromatic N) is 4. The number of carbonyl (C=O) groups excluding carboxylic acids is 1. The Kier molecular flexibility index (Phi) is 3.82. The highest BCUT2D eigenvalue weighted by atomic mass is 32.1. The van der Waals surface area contributed by atoms with Crippen molar-refractivity contribution in [2.24, 2.45) is 7.05 Å². The van der Waals surface area contributed by atoms with E-state index in [1.165, 1.54) is 4.88 Å². The van der Waals surface area contributed by atoms with Gasteiger partial charge >= 0.3 is 0 Å². The number of amides is 1. The maximum Gasteiger partial charge on any atom is 0.264 e. The van der Waals surface area contributed by atoms with Crippen molar-refractivity contribution in [3.05, 3.63) is 40.1 Å². The Morgan fingerprint density at radius 2 is 2.14 bits per heavy atom. The largest absolute Gasteiger partial charge is 0.337 e. The number of piperazine rings is 1. The molecule has 1 fully saturated rings. The summed E-state index contributed by atoms with van der Waals surface area (Å²) in [6.07, 6.45) is 3.76. The highest BCUT2D eigenvalue weighted by molar-refractivity contribution is 7.13. The van der Waals surface area contributed by atoms with E-state index >= 15 is 0 Å². The molecule has 5 nitrogen and oxygen atoms in total. The molecule has 0 unspecified atom stereocenters. The summed E-state index contributed by atoms with van der Waals surface area (Å²) in [5.74, 6) is 1.15. The van der Waals surface area contributed by atoms with Crippen molar-refractivity contribution in [2.75, 3.05) is 26.7 Å². The van der Waals surface area contributed by atoms with Crippen LogP contribution in [0.1, 0.15) is 26.4 Å². The van der Waals surface area contributed by atoms with Crippen LogP contribution in [0, 0.1) is 6.92 Å². The van der Waals surface area contributed by atoms with Crippen molar-refractivity contribution >= 4 is 17.2 Å². The minimum absolute atomic E-state index is 0.139. The van der Waals surface area contributed by atoms with Gasteiger partial charge in [-0.2, -0.15) is 0 Å². The molecule has 1 aliphatic heterocycles. The summed E-state index contributed by atoms with van der Waals surface area (Å²) in [4.78, 5) is 23.3. The van der Waals surface area contributed by atoms with Crippen LogP contribution in [0.2, 0.25) is 0 Å². The number of carbonyl (C=O) groups is 1. The van der Waals surface area contributed by atoms with E-state index in [9.17, 15) is 4.79 Å². The van der Waals surface area contributed by atoms with Crippen LogP contribution in [-0.4, -0.2) is 51.9 Å². The number of aromatic nitrogens is 2. The third kappa shape index (κ3) is 2.73. The second kappa shape index (κ2) is 5.61. The molecule has 3 rings (SSSR count). The standard InChI is InChI=1S/C15H20N4OS/c1-11-4-5-13(21-11)15(20)19-9-8-17(2)12(10-19)14-16-6-7-18(14)3/h4-7,12H,8-10H2,1-3H3/t12-/m1/s1. The van der Waals surface area contributed by atoms with E-state index in [0.29, 0.717) is 6.54 Å². The Bertz CT molecular complexity index is 648. The van der Waals surface area contributed by atoms with Gasteiger partial charge in [0.2, 0.25) is 0 Å². The van der Waals surface area contributed by atoms with Crippen LogP contribution >= 0.6 is 11.3 Å². The number of aryl methyl sites for hydroxylation is 2. The molecule has 21 heavy (non-hydrogen) atoms. The summed E-state index contributed by atoms with van der Waals surface area (Å²) in [6.45, 7) is 4.36. The molecule has 1 amide bonds. The third-order valence-electron chi connectivity index (χ3n) is 4.04. The van der Waals surface area contributed by atoms with E-state index in [4.69, 9.17) is 0 Å². The van der Waals surface area contributed by atoms with Crippen molar-refractivity contribution in [3.63, 3.8) is 0 Å². The molecule has 2 aromatic heterocycles. The Balaban J connectivity index is 1.80. The van der Waals surface area contributed by atoms with Crippen LogP contribution in [0.5, 0.6) is 0 Å². The summed E-state index contributed by atoms with van der Waals surface area (Å²) in [7, 11) is 4.09. The normalized spacial score (nSPS) is 20.0. The smallest absolute Gasteiger partial charge is 0.264 e. The second-order valence-corrected chi connectivity index (χ2v) is 6.84. The fourth-order valence-corrected chi connectivity index (χ4v) is 3.58. The quantitative estimate of drug-likeness (QED) is 0.851. The summed E-state index contributed by atoms with van der Waals surface area (Å²) in [6, 6.07) is 4.09. The maximum absolute atomic E-state index is 12.6. The first kappa shape index (κ1) is 14.3. The zero-order chi connectivity index (χ0) is 15.0. The van der Waals surface area contributed by atoms with Crippen LogP contribution in [-0.2, 0) is 7.05 Å². The van der Waals surface area contributed by atoms with Gasteiger partial charge in [-0.1, -0.05) is 0 Å². The summed E-state index contributed by atoms with van der Waals surface area (Å²) in [5.41, 5.74) is 0. The maximum atomic E-state index is 12.6. The molecular formula is C15H20N4OS. The molecule has 0 aromatic carbocycles. The van der Waals surface area contributed by atoms with E-state index in [1.807, 2.05) is 48.0 Å². The highest BCUT2D eigenvalue weighted by Crippen LogP contribution is 2.25. The van der Waals surface area contributed by atoms with Crippen molar-refractivity contribution in [2.45, 2.75) is 13.0 Å². The van der Waals surface area contributed by atoms with E-state index in [1.54, 1.807) is 11.3 Å². The average molecular weight is 304 g/mol. The summed E-state index contributed by atoms with van der Waals surface area (Å²) in [5, 5.41) is 0. The number of hydrogen-bond acceptors (Lipinski definition) is 4. The molecule has 1 saturated heterocycles. The Morgan fingerprint density at radius 1 is 1.33 bits per heavy atom. The predicted molar refractivity (Wildman–Crippen MR) is 83.5 cm³/mol. The second-order valence-electron chi connectivity index (χ2n) is 5.55. The summed E-state index contributed by atoms with van der Waals surface area (Å²) < 4.78 is 2.03. The lowest BCUT2D eigenvalue weighted by atomic mass is 10.1. The van der Waals surface area contributed by atoms with Gasteiger partial charge in [0.05, 0.1) is 10.9 Å². The lowest BCUT2D eigenvalue weighted by molar-refractivity contribution is 0.0533. The van der Waals surface area contributed by atoms with Crippen molar-refractivity contribution < 1.29 is 4.79 Å². The summed E-state index contributed by atoms with van der Waals surface area (Å²) >= 11 is 1.57. The fraction of sp³-hybridized carbons (Fsp3) is 0.467. The first-order valence-corrected chi connectivity index (χ1v) is 7.91. The minimum atomic E-state index is 0.139. The predicted octanol–water partition coefficient (Wildman–Crippen LogP) is 1.92. The molecule has 1 aliphatic rings. The Hall–Kier alpha value is -1.66. The van der Waals surface area contributed by atoms with Gasteiger partial charge in [0, 0.05) is 44.0 Å². The van der Waals surface area contributed by atoms with Crippen molar-refractivity contribution in [1.29, 1.82) is 0 Å².